The van der Waals surface area contributed by atoms with Gasteiger partial charge in [0.05, 0.1) is 0 Å². The Kier molecular flexibility index (Phi) is 4.19. The van der Waals surface area contributed by atoms with Crippen LogP contribution in [0, 0.1) is 5.92 Å². The van der Waals surface area contributed by atoms with Gasteiger partial charge in [-0.3, -0.25) is 14.5 Å². The predicted octanol–water partition coefficient (Wildman–Crippen LogP) is -0.659. The van der Waals surface area contributed by atoms with Crippen molar-refractivity contribution in [3.63, 3.8) is 0 Å². The van der Waals surface area contributed by atoms with E-state index in [1.165, 1.54) is 12.0 Å². The molecule has 92 valence electrons. The molecule has 0 aromatic heterocycles. The van der Waals surface area contributed by atoms with E-state index in [4.69, 9.17) is 0 Å². The Morgan fingerprint density at radius 1 is 1.50 bits per heavy atom. The fourth-order valence-corrected chi connectivity index (χ4v) is 2.48. The van der Waals surface area contributed by atoms with E-state index >= 15 is 0 Å². The Hall–Kier alpha value is -0.763. The quantitative estimate of drug-likeness (QED) is 0.497. The van der Waals surface area contributed by atoms with Crippen molar-refractivity contribution in [3.05, 3.63) is 0 Å². The van der Waals surface area contributed by atoms with E-state index in [1.807, 2.05) is 0 Å². The molecule has 1 atom stereocenters. The molecule has 1 heterocycles. The van der Waals surface area contributed by atoms with Gasteiger partial charge in [0.2, 0.25) is 11.8 Å². The van der Waals surface area contributed by atoms with Gasteiger partial charge in [-0.05, 0) is 6.42 Å². The van der Waals surface area contributed by atoms with Crippen molar-refractivity contribution in [1.82, 2.24) is 4.90 Å². The highest BCUT2D eigenvalue weighted by Crippen LogP contribution is 2.19. The topological polar surface area (TPSA) is 87.1 Å². The summed E-state index contributed by atoms with van der Waals surface area (Å²) in [5.41, 5.74) is 0. The first-order chi connectivity index (χ1) is 7.37. The molecule has 0 saturated carbocycles. The van der Waals surface area contributed by atoms with Crippen LogP contribution in [-0.2, 0) is 14.0 Å². The molecule has 0 aliphatic carbocycles. The largest absolute Gasteiger partial charge is 0.495 e. The van der Waals surface area contributed by atoms with Crippen molar-refractivity contribution < 1.29 is 23.6 Å². The summed E-state index contributed by atoms with van der Waals surface area (Å²) in [7, 11) is -2.32. The molecular formula is C9H17NO5Si. The Labute approximate surface area is 95.2 Å². The third kappa shape index (κ3) is 3.11. The van der Waals surface area contributed by atoms with Gasteiger partial charge in [-0.1, -0.05) is 6.92 Å². The molecule has 16 heavy (non-hydrogen) atoms. The number of carbonyl (C=O) groups excluding carboxylic acids is 2. The van der Waals surface area contributed by atoms with Crippen LogP contribution in [0.1, 0.15) is 19.8 Å². The van der Waals surface area contributed by atoms with Gasteiger partial charge in [0.15, 0.2) is 0 Å². The van der Waals surface area contributed by atoms with Crippen LogP contribution in [0.5, 0.6) is 0 Å². The van der Waals surface area contributed by atoms with Crippen molar-refractivity contribution in [1.29, 1.82) is 0 Å². The van der Waals surface area contributed by atoms with E-state index in [0.717, 1.165) is 0 Å². The van der Waals surface area contributed by atoms with Crippen molar-refractivity contribution in [3.8, 4) is 0 Å². The lowest BCUT2D eigenvalue weighted by atomic mass is 10.1. The van der Waals surface area contributed by atoms with Gasteiger partial charge in [0.25, 0.3) is 0 Å². The molecule has 2 N–H and O–H groups in total. The van der Waals surface area contributed by atoms with Crippen molar-refractivity contribution in [2.24, 2.45) is 5.92 Å². The fourth-order valence-electron chi connectivity index (χ4n) is 1.65. The van der Waals surface area contributed by atoms with Gasteiger partial charge in [0, 0.05) is 32.0 Å². The first-order valence-electron chi connectivity index (χ1n) is 5.21. The molecule has 1 aliphatic rings. The average molecular weight is 247 g/mol. The number of likely N-dealkylation sites (tertiary alicyclic amines) is 1. The van der Waals surface area contributed by atoms with Crippen LogP contribution < -0.4 is 0 Å². The zero-order valence-electron chi connectivity index (χ0n) is 9.47. The maximum Gasteiger partial charge on any atom is 0.495 e. The normalized spacial score (nSPS) is 22.0. The number of rotatable bonds is 5. The second-order valence-electron chi connectivity index (χ2n) is 4.04. The maximum atomic E-state index is 11.5. The monoisotopic (exact) mass is 247 g/mol. The number of nitrogens with zero attached hydrogens (tertiary/aromatic N) is 1. The first kappa shape index (κ1) is 13.3. The van der Waals surface area contributed by atoms with Gasteiger partial charge in [-0.25, -0.2) is 0 Å². The molecule has 0 radical (unpaired) electrons. The third-order valence-electron chi connectivity index (χ3n) is 2.68. The van der Waals surface area contributed by atoms with E-state index in [9.17, 15) is 19.2 Å². The minimum Gasteiger partial charge on any atom is -0.390 e. The van der Waals surface area contributed by atoms with Crippen molar-refractivity contribution >= 4 is 20.6 Å². The third-order valence-corrected chi connectivity index (χ3v) is 4.34. The van der Waals surface area contributed by atoms with Gasteiger partial charge in [-0.15, -0.1) is 0 Å². The summed E-state index contributed by atoms with van der Waals surface area (Å²) in [6, 6.07) is 0.0922. The second kappa shape index (κ2) is 5.04. The van der Waals surface area contributed by atoms with Crippen LogP contribution in [0.3, 0.4) is 0 Å². The molecule has 0 bridgehead atoms. The lowest BCUT2D eigenvalue weighted by Crippen LogP contribution is -2.39. The highest BCUT2D eigenvalue weighted by molar-refractivity contribution is 6.57. The SMILES string of the molecule is CO[Si](O)(O)CCCN1C(=O)CC(C)C1=O. The fraction of sp³-hybridized carbons (Fsp3) is 0.778. The molecule has 1 aliphatic heterocycles. The van der Waals surface area contributed by atoms with Gasteiger partial charge < -0.3 is 14.0 Å². The summed E-state index contributed by atoms with van der Waals surface area (Å²) < 4.78 is 4.54. The van der Waals surface area contributed by atoms with E-state index in [1.54, 1.807) is 6.92 Å². The van der Waals surface area contributed by atoms with Crippen molar-refractivity contribution in [2.75, 3.05) is 13.7 Å². The summed E-state index contributed by atoms with van der Waals surface area (Å²) in [4.78, 5) is 42.6. The summed E-state index contributed by atoms with van der Waals surface area (Å²) in [6.07, 6.45) is 0.612. The van der Waals surface area contributed by atoms with Crippen LogP contribution in [0.25, 0.3) is 0 Å². The number of hydrogen-bond acceptors (Lipinski definition) is 5. The van der Waals surface area contributed by atoms with Crippen LogP contribution in [0.2, 0.25) is 6.04 Å². The molecule has 1 rings (SSSR count). The van der Waals surface area contributed by atoms with E-state index in [0.29, 0.717) is 6.42 Å². The molecule has 1 fully saturated rings. The lowest BCUT2D eigenvalue weighted by molar-refractivity contribution is -0.139. The highest BCUT2D eigenvalue weighted by Gasteiger charge is 2.36. The Balaban J connectivity index is 2.39. The summed E-state index contributed by atoms with van der Waals surface area (Å²) >= 11 is 0. The minimum atomic E-state index is -3.56. The molecule has 0 spiro atoms. The van der Waals surface area contributed by atoms with Crippen LogP contribution in [-0.4, -0.2) is 48.8 Å². The summed E-state index contributed by atoms with van der Waals surface area (Å²) in [5, 5.41) is 0. The smallest absolute Gasteiger partial charge is 0.390 e. The van der Waals surface area contributed by atoms with Gasteiger partial charge in [-0.2, -0.15) is 0 Å². The number of imide groups is 1. The van der Waals surface area contributed by atoms with E-state index in [-0.39, 0.29) is 36.7 Å². The zero-order chi connectivity index (χ0) is 12.3. The van der Waals surface area contributed by atoms with Crippen LogP contribution >= 0.6 is 0 Å². The molecule has 0 aromatic carbocycles. The van der Waals surface area contributed by atoms with E-state index in [2.05, 4.69) is 4.43 Å². The van der Waals surface area contributed by atoms with Crippen molar-refractivity contribution in [2.45, 2.75) is 25.8 Å². The predicted molar refractivity (Wildman–Crippen MR) is 57.1 cm³/mol. The molecule has 0 aromatic rings. The lowest BCUT2D eigenvalue weighted by Gasteiger charge is -2.17. The van der Waals surface area contributed by atoms with Gasteiger partial charge in [0.1, 0.15) is 0 Å². The standard InChI is InChI=1S/C9H17NO5Si/c1-7-6-8(11)10(9(7)12)4-3-5-16(13,14)15-2/h7,13-14H,3-6H2,1-2H3. The number of amides is 2. The molecular weight excluding hydrogens is 230 g/mol. The number of carbonyl (C=O) groups is 2. The molecule has 2 amide bonds. The molecule has 6 nitrogen and oxygen atoms in total. The maximum absolute atomic E-state index is 11.5. The summed E-state index contributed by atoms with van der Waals surface area (Å²) in [6.45, 7) is 1.95. The highest BCUT2D eigenvalue weighted by atomic mass is 28.4. The molecule has 7 heteroatoms. The van der Waals surface area contributed by atoms with E-state index < -0.39 is 8.80 Å². The average Bonchev–Trinajstić information content (AvgIpc) is 2.44. The van der Waals surface area contributed by atoms with Crippen LogP contribution in [0.15, 0.2) is 0 Å². The van der Waals surface area contributed by atoms with Gasteiger partial charge >= 0.3 is 8.80 Å². The first-order valence-corrected chi connectivity index (χ1v) is 7.22. The Bertz CT molecular complexity index is 294. The second-order valence-corrected chi connectivity index (χ2v) is 6.43. The Morgan fingerprint density at radius 2 is 2.12 bits per heavy atom. The zero-order valence-corrected chi connectivity index (χ0v) is 10.5. The molecule has 1 saturated heterocycles. The van der Waals surface area contributed by atoms with Crippen LogP contribution in [0.4, 0.5) is 0 Å². The summed E-state index contributed by atoms with van der Waals surface area (Å²) in [5.74, 6) is -0.608. The molecule has 1 unspecified atom stereocenters. The number of hydrogen-bond donors (Lipinski definition) is 2. The Morgan fingerprint density at radius 3 is 2.56 bits per heavy atom. The minimum absolute atomic E-state index is 0.0922.